The lowest BCUT2D eigenvalue weighted by Gasteiger charge is -2.35. The number of amides is 1. The molecule has 2 aromatic rings. The molecule has 0 N–H and O–H groups in total. The second-order valence-electron chi connectivity index (χ2n) is 8.29. The van der Waals surface area contributed by atoms with Gasteiger partial charge in [0.05, 0.1) is 25.2 Å². The van der Waals surface area contributed by atoms with Gasteiger partial charge in [-0.3, -0.25) is 19.5 Å². The minimum Gasteiger partial charge on any atom is -0.466 e. The van der Waals surface area contributed by atoms with Gasteiger partial charge in [-0.05, 0) is 50.1 Å². The average Bonchev–Trinajstić information content (AvgIpc) is 2.77. The monoisotopic (exact) mass is 439 g/mol. The van der Waals surface area contributed by atoms with Crippen LogP contribution >= 0.6 is 0 Å². The first-order valence-corrected chi connectivity index (χ1v) is 11.2. The van der Waals surface area contributed by atoms with Crippen LogP contribution in [0.4, 0.5) is 0 Å². The molecule has 32 heavy (non-hydrogen) atoms. The summed E-state index contributed by atoms with van der Waals surface area (Å²) in [7, 11) is 0. The first-order chi connectivity index (χ1) is 15.4. The molecule has 0 bridgehead atoms. The average molecular weight is 440 g/mol. The second kappa shape index (κ2) is 11.7. The van der Waals surface area contributed by atoms with E-state index in [2.05, 4.69) is 23.7 Å². The van der Waals surface area contributed by atoms with E-state index in [1.807, 2.05) is 36.4 Å². The van der Waals surface area contributed by atoms with Crippen molar-refractivity contribution in [2.24, 2.45) is 0 Å². The van der Waals surface area contributed by atoms with Gasteiger partial charge in [-0.25, -0.2) is 0 Å². The largest absolute Gasteiger partial charge is 0.466 e. The van der Waals surface area contributed by atoms with Crippen LogP contribution in [0.1, 0.15) is 48.7 Å². The Morgan fingerprint density at radius 2 is 1.84 bits per heavy atom. The summed E-state index contributed by atoms with van der Waals surface area (Å²) in [6.45, 7) is 9.60. The van der Waals surface area contributed by atoms with E-state index >= 15 is 0 Å². The lowest BCUT2D eigenvalue weighted by molar-refractivity contribution is -0.143. The molecule has 0 saturated carbocycles. The van der Waals surface area contributed by atoms with Crippen LogP contribution in [0, 0.1) is 0 Å². The highest BCUT2D eigenvalue weighted by Gasteiger charge is 2.22. The SMILES string of the molecule is CCOC(=O)CCN(Cc1cccnc1)C(=O)c1ccc(CN2CC(C)OC(C)C2)cc1. The Labute approximate surface area is 190 Å². The van der Waals surface area contributed by atoms with E-state index in [-0.39, 0.29) is 37.0 Å². The third-order valence-corrected chi connectivity index (χ3v) is 5.38. The van der Waals surface area contributed by atoms with E-state index in [0.717, 1.165) is 30.8 Å². The smallest absolute Gasteiger partial charge is 0.307 e. The zero-order valence-electron chi connectivity index (χ0n) is 19.2. The predicted octanol–water partition coefficient (Wildman–Crippen LogP) is 3.29. The lowest BCUT2D eigenvalue weighted by Crippen LogP contribution is -2.44. The molecule has 0 aliphatic carbocycles. The summed E-state index contributed by atoms with van der Waals surface area (Å²) in [6, 6.07) is 11.5. The highest BCUT2D eigenvalue weighted by atomic mass is 16.5. The predicted molar refractivity (Wildman–Crippen MR) is 122 cm³/mol. The first kappa shape index (κ1) is 23.9. The fourth-order valence-corrected chi connectivity index (χ4v) is 4.03. The zero-order valence-corrected chi connectivity index (χ0v) is 19.2. The van der Waals surface area contributed by atoms with Crippen molar-refractivity contribution in [3.63, 3.8) is 0 Å². The van der Waals surface area contributed by atoms with Gasteiger partial charge in [0, 0.05) is 50.7 Å². The normalized spacial score (nSPS) is 18.8. The standard InChI is InChI=1S/C25H33N3O4/c1-4-31-24(29)11-13-28(18-22-6-5-12-26-14-22)25(30)23-9-7-21(8-10-23)17-27-15-19(2)32-20(3)16-27/h5-10,12,14,19-20H,4,11,13,15-18H2,1-3H3. The van der Waals surface area contributed by atoms with Crippen molar-refractivity contribution in [2.45, 2.75) is 52.5 Å². The van der Waals surface area contributed by atoms with E-state index in [1.165, 1.54) is 0 Å². The Kier molecular flexibility index (Phi) is 8.76. The molecule has 1 amide bonds. The van der Waals surface area contributed by atoms with E-state index in [0.29, 0.717) is 18.7 Å². The van der Waals surface area contributed by atoms with Crippen molar-refractivity contribution >= 4 is 11.9 Å². The van der Waals surface area contributed by atoms with Crippen molar-refractivity contribution in [1.29, 1.82) is 0 Å². The highest BCUT2D eigenvalue weighted by Crippen LogP contribution is 2.16. The Balaban J connectivity index is 1.66. The number of aromatic nitrogens is 1. The molecular formula is C25H33N3O4. The zero-order chi connectivity index (χ0) is 22.9. The van der Waals surface area contributed by atoms with Gasteiger partial charge in [-0.1, -0.05) is 18.2 Å². The molecule has 2 heterocycles. The van der Waals surface area contributed by atoms with Gasteiger partial charge in [-0.2, -0.15) is 0 Å². The number of hydrogen-bond donors (Lipinski definition) is 0. The molecule has 0 radical (unpaired) electrons. The summed E-state index contributed by atoms with van der Waals surface area (Å²) < 4.78 is 10.8. The van der Waals surface area contributed by atoms with Gasteiger partial charge in [0.15, 0.2) is 0 Å². The summed E-state index contributed by atoms with van der Waals surface area (Å²) in [5.74, 6) is -0.417. The molecule has 2 atom stereocenters. The van der Waals surface area contributed by atoms with Crippen LogP contribution in [-0.4, -0.2) is 65.1 Å². The van der Waals surface area contributed by atoms with Crippen molar-refractivity contribution in [3.8, 4) is 0 Å². The van der Waals surface area contributed by atoms with E-state index in [1.54, 1.807) is 24.2 Å². The van der Waals surface area contributed by atoms with E-state index < -0.39 is 0 Å². The number of morpholine rings is 1. The molecule has 3 rings (SSSR count). The number of nitrogens with zero attached hydrogens (tertiary/aromatic N) is 3. The summed E-state index contributed by atoms with van der Waals surface area (Å²) in [4.78, 5) is 33.3. The molecule has 1 aliphatic heterocycles. The molecule has 1 saturated heterocycles. The van der Waals surface area contributed by atoms with Crippen LogP contribution in [0.25, 0.3) is 0 Å². The Hall–Kier alpha value is -2.77. The number of carbonyl (C=O) groups is 2. The number of benzene rings is 1. The van der Waals surface area contributed by atoms with E-state index in [9.17, 15) is 9.59 Å². The molecular weight excluding hydrogens is 406 g/mol. The summed E-state index contributed by atoms with van der Waals surface area (Å²) in [6.07, 6.45) is 4.03. The number of carbonyl (C=O) groups excluding carboxylic acids is 2. The molecule has 1 fully saturated rings. The quantitative estimate of drug-likeness (QED) is 0.559. The van der Waals surface area contributed by atoms with Gasteiger partial charge < -0.3 is 14.4 Å². The van der Waals surface area contributed by atoms with Crippen molar-refractivity contribution < 1.29 is 19.1 Å². The van der Waals surface area contributed by atoms with Crippen LogP contribution < -0.4 is 0 Å². The van der Waals surface area contributed by atoms with Gasteiger partial charge >= 0.3 is 5.97 Å². The van der Waals surface area contributed by atoms with Gasteiger partial charge in [0.25, 0.3) is 5.91 Å². The third kappa shape index (κ3) is 7.14. The first-order valence-electron chi connectivity index (χ1n) is 11.2. The van der Waals surface area contributed by atoms with Crippen LogP contribution in [0.2, 0.25) is 0 Å². The molecule has 2 unspecified atom stereocenters. The minimum atomic E-state index is -0.305. The maximum Gasteiger partial charge on any atom is 0.307 e. The van der Waals surface area contributed by atoms with Crippen LogP contribution in [-0.2, 0) is 27.4 Å². The van der Waals surface area contributed by atoms with E-state index in [4.69, 9.17) is 9.47 Å². The highest BCUT2D eigenvalue weighted by molar-refractivity contribution is 5.94. The number of hydrogen-bond acceptors (Lipinski definition) is 6. The number of esters is 1. The summed E-state index contributed by atoms with van der Waals surface area (Å²) in [5, 5.41) is 0. The number of ether oxygens (including phenoxy) is 2. The third-order valence-electron chi connectivity index (χ3n) is 5.38. The number of rotatable bonds is 9. The van der Waals surface area contributed by atoms with Gasteiger partial charge in [0.2, 0.25) is 0 Å². The van der Waals surface area contributed by atoms with Crippen LogP contribution in [0.5, 0.6) is 0 Å². The molecule has 0 spiro atoms. The van der Waals surface area contributed by atoms with Crippen LogP contribution in [0.15, 0.2) is 48.8 Å². The Morgan fingerprint density at radius 1 is 1.12 bits per heavy atom. The van der Waals surface area contributed by atoms with Crippen molar-refractivity contribution in [1.82, 2.24) is 14.8 Å². The maximum absolute atomic E-state index is 13.2. The molecule has 1 aliphatic rings. The van der Waals surface area contributed by atoms with Crippen LogP contribution in [0.3, 0.4) is 0 Å². The molecule has 1 aromatic heterocycles. The summed E-state index contributed by atoms with van der Waals surface area (Å²) in [5.41, 5.74) is 2.68. The Bertz CT molecular complexity index is 863. The molecule has 7 heteroatoms. The fraction of sp³-hybridized carbons (Fsp3) is 0.480. The topological polar surface area (TPSA) is 72.0 Å². The lowest BCUT2D eigenvalue weighted by atomic mass is 10.1. The fourth-order valence-electron chi connectivity index (χ4n) is 4.03. The molecule has 172 valence electrons. The Morgan fingerprint density at radius 3 is 2.47 bits per heavy atom. The minimum absolute atomic E-state index is 0.113. The van der Waals surface area contributed by atoms with Crippen molar-refractivity contribution in [2.75, 3.05) is 26.2 Å². The van der Waals surface area contributed by atoms with Crippen molar-refractivity contribution in [3.05, 3.63) is 65.5 Å². The maximum atomic E-state index is 13.2. The number of pyridine rings is 1. The second-order valence-corrected chi connectivity index (χ2v) is 8.29. The molecule has 1 aromatic carbocycles. The van der Waals surface area contributed by atoms with Gasteiger partial charge in [0.1, 0.15) is 0 Å². The summed E-state index contributed by atoms with van der Waals surface area (Å²) >= 11 is 0. The van der Waals surface area contributed by atoms with Gasteiger partial charge in [-0.15, -0.1) is 0 Å². The molecule has 7 nitrogen and oxygen atoms in total.